The Morgan fingerprint density at radius 1 is 1.04 bits per heavy atom. The molecule has 2 heterocycles. The van der Waals surface area contributed by atoms with Gasteiger partial charge in [-0.25, -0.2) is 8.78 Å². The van der Waals surface area contributed by atoms with Crippen LogP contribution in [-0.4, -0.2) is 41.9 Å². The summed E-state index contributed by atoms with van der Waals surface area (Å²) in [5.41, 5.74) is 1.97. The Morgan fingerprint density at radius 2 is 1.93 bits per heavy atom. The SMILES string of the molecule is O=C(C1=CCCCC1)N1CC[C@]2(CCCN(Cc3ccc(F)c(F)c3)C2)C1. The number of carbonyl (C=O) groups excluding carboxylic acids is 1. The molecule has 2 aliphatic heterocycles. The number of carbonyl (C=O) groups is 1. The van der Waals surface area contributed by atoms with E-state index in [1.165, 1.54) is 18.6 Å². The predicted molar refractivity (Wildman–Crippen MR) is 101 cm³/mol. The number of piperidine rings is 1. The summed E-state index contributed by atoms with van der Waals surface area (Å²) < 4.78 is 26.7. The fourth-order valence-corrected chi connectivity index (χ4v) is 5.02. The van der Waals surface area contributed by atoms with Crippen molar-refractivity contribution >= 4 is 5.91 Å². The summed E-state index contributed by atoms with van der Waals surface area (Å²) in [5.74, 6) is -1.34. The lowest BCUT2D eigenvalue weighted by atomic mass is 9.79. The van der Waals surface area contributed by atoms with Crippen LogP contribution in [-0.2, 0) is 11.3 Å². The number of rotatable bonds is 3. The maximum atomic E-state index is 13.5. The van der Waals surface area contributed by atoms with Gasteiger partial charge in [0.25, 0.3) is 0 Å². The van der Waals surface area contributed by atoms with Gasteiger partial charge in [-0.2, -0.15) is 0 Å². The van der Waals surface area contributed by atoms with E-state index in [2.05, 4.69) is 15.9 Å². The first-order chi connectivity index (χ1) is 13.0. The van der Waals surface area contributed by atoms with Gasteiger partial charge in [0, 0.05) is 37.2 Å². The third-order valence-electron chi connectivity index (χ3n) is 6.42. The van der Waals surface area contributed by atoms with Crippen molar-refractivity contribution < 1.29 is 13.6 Å². The summed E-state index contributed by atoms with van der Waals surface area (Å²) in [6, 6.07) is 4.18. The van der Waals surface area contributed by atoms with E-state index < -0.39 is 11.6 Å². The Kier molecular flexibility index (Phi) is 5.31. The van der Waals surface area contributed by atoms with Gasteiger partial charge in [-0.05, 0) is 69.2 Å². The normalized spacial score (nSPS) is 26.4. The molecule has 0 radical (unpaired) electrons. The fraction of sp³-hybridized carbons (Fsp3) is 0.591. The molecule has 1 aliphatic carbocycles. The van der Waals surface area contributed by atoms with Crippen molar-refractivity contribution in [3.8, 4) is 0 Å². The monoisotopic (exact) mass is 374 g/mol. The van der Waals surface area contributed by atoms with E-state index in [1.54, 1.807) is 6.07 Å². The zero-order chi connectivity index (χ0) is 18.9. The highest BCUT2D eigenvalue weighted by Crippen LogP contribution is 2.40. The zero-order valence-corrected chi connectivity index (χ0v) is 15.9. The van der Waals surface area contributed by atoms with E-state index >= 15 is 0 Å². The van der Waals surface area contributed by atoms with E-state index in [1.807, 2.05) is 0 Å². The van der Waals surface area contributed by atoms with Gasteiger partial charge in [-0.1, -0.05) is 12.1 Å². The Bertz CT molecular complexity index is 748. The van der Waals surface area contributed by atoms with Crippen LogP contribution in [0.1, 0.15) is 50.5 Å². The van der Waals surface area contributed by atoms with Crippen molar-refractivity contribution in [1.82, 2.24) is 9.80 Å². The minimum atomic E-state index is -0.796. The Morgan fingerprint density at radius 3 is 2.70 bits per heavy atom. The van der Waals surface area contributed by atoms with Crippen LogP contribution >= 0.6 is 0 Å². The summed E-state index contributed by atoms with van der Waals surface area (Å²) in [4.78, 5) is 17.2. The number of amides is 1. The van der Waals surface area contributed by atoms with Gasteiger partial charge in [0.15, 0.2) is 11.6 Å². The van der Waals surface area contributed by atoms with Gasteiger partial charge in [0.2, 0.25) is 5.91 Å². The minimum Gasteiger partial charge on any atom is -0.338 e. The second-order valence-corrected chi connectivity index (χ2v) is 8.51. The highest BCUT2D eigenvalue weighted by molar-refractivity contribution is 5.93. The molecule has 0 aromatic heterocycles. The molecule has 2 fully saturated rings. The summed E-state index contributed by atoms with van der Waals surface area (Å²) in [6.07, 6.45) is 9.68. The molecule has 2 saturated heterocycles. The van der Waals surface area contributed by atoms with Crippen molar-refractivity contribution in [2.24, 2.45) is 5.41 Å². The molecule has 1 amide bonds. The molecule has 5 heteroatoms. The molecule has 1 aromatic carbocycles. The molecule has 1 atom stereocenters. The first-order valence-corrected chi connectivity index (χ1v) is 10.2. The summed E-state index contributed by atoms with van der Waals surface area (Å²) in [6.45, 7) is 4.21. The van der Waals surface area contributed by atoms with Crippen molar-refractivity contribution in [1.29, 1.82) is 0 Å². The van der Waals surface area contributed by atoms with E-state index in [0.717, 1.165) is 75.8 Å². The highest BCUT2D eigenvalue weighted by Gasteiger charge is 2.43. The largest absolute Gasteiger partial charge is 0.338 e. The number of allylic oxidation sites excluding steroid dienone is 1. The molecule has 0 bridgehead atoms. The van der Waals surface area contributed by atoms with Gasteiger partial charge < -0.3 is 4.90 Å². The predicted octanol–water partition coefficient (Wildman–Crippen LogP) is 4.28. The summed E-state index contributed by atoms with van der Waals surface area (Å²) in [5, 5.41) is 0. The summed E-state index contributed by atoms with van der Waals surface area (Å²) in [7, 11) is 0. The van der Waals surface area contributed by atoms with Gasteiger partial charge in [-0.3, -0.25) is 9.69 Å². The van der Waals surface area contributed by atoms with Crippen molar-refractivity contribution in [3.63, 3.8) is 0 Å². The molecule has 0 unspecified atom stereocenters. The van der Waals surface area contributed by atoms with Crippen LogP contribution in [0.15, 0.2) is 29.8 Å². The van der Waals surface area contributed by atoms with Crippen molar-refractivity contribution in [2.75, 3.05) is 26.2 Å². The molecular weight excluding hydrogens is 346 g/mol. The summed E-state index contributed by atoms with van der Waals surface area (Å²) >= 11 is 0. The molecule has 3 nitrogen and oxygen atoms in total. The van der Waals surface area contributed by atoms with Crippen molar-refractivity contribution in [2.45, 2.75) is 51.5 Å². The molecule has 3 aliphatic rings. The fourth-order valence-electron chi connectivity index (χ4n) is 5.02. The van der Waals surface area contributed by atoms with Crippen LogP contribution in [0, 0.1) is 17.0 Å². The van der Waals surface area contributed by atoms with Crippen LogP contribution in [0.2, 0.25) is 0 Å². The van der Waals surface area contributed by atoms with Gasteiger partial charge in [0.05, 0.1) is 0 Å². The molecule has 27 heavy (non-hydrogen) atoms. The molecule has 146 valence electrons. The van der Waals surface area contributed by atoms with Crippen LogP contribution in [0.25, 0.3) is 0 Å². The molecule has 1 spiro atoms. The quantitative estimate of drug-likeness (QED) is 0.788. The van der Waals surface area contributed by atoms with Crippen LogP contribution in [0.5, 0.6) is 0 Å². The number of likely N-dealkylation sites (tertiary alicyclic amines) is 2. The zero-order valence-electron chi connectivity index (χ0n) is 15.9. The van der Waals surface area contributed by atoms with E-state index in [9.17, 15) is 13.6 Å². The topological polar surface area (TPSA) is 23.6 Å². The lowest BCUT2D eigenvalue weighted by Gasteiger charge is -2.40. The van der Waals surface area contributed by atoms with E-state index in [0.29, 0.717) is 6.54 Å². The van der Waals surface area contributed by atoms with E-state index in [-0.39, 0.29) is 11.3 Å². The maximum absolute atomic E-state index is 13.5. The first-order valence-electron chi connectivity index (χ1n) is 10.2. The lowest BCUT2D eigenvalue weighted by Crippen LogP contribution is -2.45. The Labute approximate surface area is 160 Å². The van der Waals surface area contributed by atoms with Gasteiger partial charge in [-0.15, -0.1) is 0 Å². The molecule has 0 N–H and O–H groups in total. The smallest absolute Gasteiger partial charge is 0.249 e. The minimum absolute atomic E-state index is 0.154. The third-order valence-corrected chi connectivity index (χ3v) is 6.42. The number of benzene rings is 1. The molecule has 1 aromatic rings. The van der Waals surface area contributed by atoms with Crippen LogP contribution in [0.4, 0.5) is 8.78 Å². The van der Waals surface area contributed by atoms with Crippen LogP contribution < -0.4 is 0 Å². The average molecular weight is 374 g/mol. The van der Waals surface area contributed by atoms with Gasteiger partial charge >= 0.3 is 0 Å². The third kappa shape index (κ3) is 4.08. The van der Waals surface area contributed by atoms with E-state index in [4.69, 9.17) is 0 Å². The highest BCUT2D eigenvalue weighted by atomic mass is 19.2. The number of nitrogens with zero attached hydrogens (tertiary/aromatic N) is 2. The second kappa shape index (κ2) is 7.70. The Hall–Kier alpha value is -1.75. The van der Waals surface area contributed by atoms with Crippen LogP contribution in [0.3, 0.4) is 0 Å². The van der Waals surface area contributed by atoms with Crippen molar-refractivity contribution in [3.05, 3.63) is 47.0 Å². The number of hydrogen-bond acceptors (Lipinski definition) is 2. The molecule has 0 saturated carbocycles. The first kappa shape index (κ1) is 18.6. The molecular formula is C22H28F2N2O. The maximum Gasteiger partial charge on any atom is 0.249 e. The number of halogens is 2. The Balaban J connectivity index is 1.39. The standard InChI is InChI=1S/C22H28F2N2O/c23-19-8-7-17(13-20(19)24)14-25-11-4-9-22(15-25)10-12-26(16-22)21(27)18-5-2-1-3-6-18/h5,7-8,13H,1-4,6,9-12,14-16H2/t22-/m0/s1. The molecule has 4 rings (SSSR count). The average Bonchev–Trinajstić information content (AvgIpc) is 3.08. The number of hydrogen-bond donors (Lipinski definition) is 0. The second-order valence-electron chi connectivity index (χ2n) is 8.51. The van der Waals surface area contributed by atoms with Gasteiger partial charge in [0.1, 0.15) is 0 Å². The lowest BCUT2D eigenvalue weighted by molar-refractivity contribution is -0.127.